The molecular formula is C9H9BrN2O. The zero-order chi connectivity index (χ0) is 9.26. The van der Waals surface area contributed by atoms with Gasteiger partial charge in [0.25, 0.3) is 0 Å². The predicted octanol–water partition coefficient (Wildman–Crippen LogP) is 2.72. The van der Waals surface area contributed by atoms with Crippen LogP contribution >= 0.6 is 15.9 Å². The third-order valence-corrected chi connectivity index (χ3v) is 2.24. The fourth-order valence-electron chi connectivity index (χ4n) is 1.26. The Balaban J connectivity index is 2.63. The van der Waals surface area contributed by atoms with Gasteiger partial charge in [0.2, 0.25) is 0 Å². The predicted molar refractivity (Wildman–Crippen MR) is 55.0 cm³/mol. The Bertz CT molecular complexity index is 424. The first-order valence-electron chi connectivity index (χ1n) is 4.06. The average Bonchev–Trinajstić information content (AvgIpc) is 2.52. The van der Waals surface area contributed by atoms with Crippen LogP contribution < -0.4 is 4.74 Å². The van der Waals surface area contributed by atoms with Gasteiger partial charge in [-0.2, -0.15) is 5.10 Å². The largest absolute Gasteiger partial charge is 0.493 e. The van der Waals surface area contributed by atoms with Crippen LogP contribution in [-0.4, -0.2) is 16.8 Å². The molecule has 0 unspecified atom stereocenters. The topological polar surface area (TPSA) is 37.9 Å². The molecule has 0 saturated heterocycles. The van der Waals surface area contributed by atoms with E-state index in [4.69, 9.17) is 4.74 Å². The molecule has 1 N–H and O–H groups in total. The Labute approximate surface area is 84.2 Å². The maximum absolute atomic E-state index is 5.47. The molecule has 0 fully saturated rings. The summed E-state index contributed by atoms with van der Waals surface area (Å²) in [5.41, 5.74) is 0.984. The van der Waals surface area contributed by atoms with Crippen molar-refractivity contribution in [1.82, 2.24) is 10.2 Å². The second kappa shape index (κ2) is 3.38. The fourth-order valence-corrected chi connectivity index (χ4v) is 1.70. The van der Waals surface area contributed by atoms with Crippen molar-refractivity contribution in [3.05, 3.63) is 22.8 Å². The highest BCUT2D eigenvalue weighted by Gasteiger charge is 2.04. The number of hydrogen-bond acceptors (Lipinski definition) is 2. The lowest BCUT2D eigenvalue weighted by Gasteiger charge is -2.04. The van der Waals surface area contributed by atoms with E-state index < -0.39 is 0 Å². The number of halogens is 1. The molecule has 2 aromatic rings. The minimum absolute atomic E-state index is 0.663. The molecular weight excluding hydrogens is 232 g/mol. The van der Waals surface area contributed by atoms with Crippen molar-refractivity contribution in [3.63, 3.8) is 0 Å². The van der Waals surface area contributed by atoms with Crippen LogP contribution in [0.1, 0.15) is 6.92 Å². The van der Waals surface area contributed by atoms with Crippen LogP contribution in [0.25, 0.3) is 10.9 Å². The number of aromatic nitrogens is 2. The second-order valence-corrected chi connectivity index (χ2v) is 3.58. The van der Waals surface area contributed by atoms with Crippen LogP contribution in [0.3, 0.4) is 0 Å². The van der Waals surface area contributed by atoms with Crippen LogP contribution in [0.15, 0.2) is 22.8 Å². The first kappa shape index (κ1) is 8.56. The molecule has 0 amide bonds. The summed E-state index contributed by atoms with van der Waals surface area (Å²) in [5, 5.41) is 7.88. The van der Waals surface area contributed by atoms with Gasteiger partial charge in [0, 0.05) is 4.47 Å². The molecule has 0 aliphatic heterocycles. The van der Waals surface area contributed by atoms with Gasteiger partial charge in [0.1, 0.15) is 5.75 Å². The monoisotopic (exact) mass is 240 g/mol. The van der Waals surface area contributed by atoms with E-state index in [9.17, 15) is 0 Å². The minimum atomic E-state index is 0.663. The van der Waals surface area contributed by atoms with Crippen LogP contribution in [0, 0.1) is 0 Å². The maximum Gasteiger partial charge on any atom is 0.131 e. The highest BCUT2D eigenvalue weighted by Crippen LogP contribution is 2.28. The SMILES string of the molecule is CCOc1cc(Br)cc2[nH]ncc12. The number of fused-ring (bicyclic) bond motifs is 1. The van der Waals surface area contributed by atoms with E-state index in [0.717, 1.165) is 21.1 Å². The average molecular weight is 241 g/mol. The first-order chi connectivity index (χ1) is 6.31. The molecule has 0 saturated carbocycles. The molecule has 0 atom stereocenters. The summed E-state index contributed by atoms with van der Waals surface area (Å²) < 4.78 is 6.46. The summed E-state index contributed by atoms with van der Waals surface area (Å²) in [6.07, 6.45) is 1.77. The molecule has 0 spiro atoms. The summed E-state index contributed by atoms with van der Waals surface area (Å²) in [7, 11) is 0. The number of H-pyrrole nitrogens is 1. The van der Waals surface area contributed by atoms with Crippen molar-refractivity contribution in [2.24, 2.45) is 0 Å². The van der Waals surface area contributed by atoms with Gasteiger partial charge < -0.3 is 4.74 Å². The molecule has 0 aliphatic rings. The van der Waals surface area contributed by atoms with Crippen molar-refractivity contribution >= 4 is 26.8 Å². The van der Waals surface area contributed by atoms with Gasteiger partial charge in [0.05, 0.1) is 23.7 Å². The third-order valence-electron chi connectivity index (χ3n) is 1.79. The van der Waals surface area contributed by atoms with Gasteiger partial charge in [-0.1, -0.05) is 15.9 Å². The van der Waals surface area contributed by atoms with E-state index in [1.807, 2.05) is 19.1 Å². The Morgan fingerprint density at radius 1 is 1.54 bits per heavy atom. The Kier molecular flexibility index (Phi) is 2.22. The van der Waals surface area contributed by atoms with E-state index in [2.05, 4.69) is 26.1 Å². The number of ether oxygens (including phenoxy) is 1. The molecule has 1 heterocycles. The van der Waals surface area contributed by atoms with Crippen LogP contribution in [0.5, 0.6) is 5.75 Å². The van der Waals surface area contributed by atoms with Gasteiger partial charge in [-0.25, -0.2) is 0 Å². The standard InChI is InChI=1S/C9H9BrN2O/c1-2-13-9-4-6(10)3-8-7(9)5-11-12-8/h3-5H,2H2,1H3,(H,11,12). The molecule has 0 bridgehead atoms. The van der Waals surface area contributed by atoms with E-state index in [0.29, 0.717) is 6.61 Å². The fraction of sp³-hybridized carbons (Fsp3) is 0.222. The van der Waals surface area contributed by atoms with E-state index >= 15 is 0 Å². The van der Waals surface area contributed by atoms with Crippen LogP contribution in [-0.2, 0) is 0 Å². The number of benzene rings is 1. The van der Waals surface area contributed by atoms with Crippen molar-refractivity contribution in [2.75, 3.05) is 6.61 Å². The lowest BCUT2D eigenvalue weighted by Crippen LogP contribution is -1.91. The Morgan fingerprint density at radius 2 is 2.38 bits per heavy atom. The van der Waals surface area contributed by atoms with Crippen molar-refractivity contribution in [2.45, 2.75) is 6.92 Å². The quantitative estimate of drug-likeness (QED) is 0.877. The highest BCUT2D eigenvalue weighted by molar-refractivity contribution is 9.10. The van der Waals surface area contributed by atoms with Crippen molar-refractivity contribution < 1.29 is 4.74 Å². The molecule has 2 rings (SSSR count). The number of hydrogen-bond donors (Lipinski definition) is 1. The van der Waals surface area contributed by atoms with Crippen LogP contribution in [0.2, 0.25) is 0 Å². The highest BCUT2D eigenvalue weighted by atomic mass is 79.9. The van der Waals surface area contributed by atoms with Gasteiger partial charge in [-0.15, -0.1) is 0 Å². The summed E-state index contributed by atoms with van der Waals surface area (Å²) in [4.78, 5) is 0. The van der Waals surface area contributed by atoms with E-state index in [1.165, 1.54) is 0 Å². The Morgan fingerprint density at radius 3 is 3.15 bits per heavy atom. The second-order valence-electron chi connectivity index (χ2n) is 2.67. The summed E-state index contributed by atoms with van der Waals surface area (Å²) in [6, 6.07) is 3.92. The van der Waals surface area contributed by atoms with E-state index in [1.54, 1.807) is 6.20 Å². The van der Waals surface area contributed by atoms with Crippen LogP contribution in [0.4, 0.5) is 0 Å². The van der Waals surface area contributed by atoms with Gasteiger partial charge in [-0.05, 0) is 19.1 Å². The molecule has 1 aromatic heterocycles. The van der Waals surface area contributed by atoms with Crippen molar-refractivity contribution in [1.29, 1.82) is 0 Å². The number of nitrogens with zero attached hydrogens (tertiary/aromatic N) is 1. The molecule has 0 aliphatic carbocycles. The van der Waals surface area contributed by atoms with Gasteiger partial charge in [-0.3, -0.25) is 5.10 Å². The van der Waals surface area contributed by atoms with Gasteiger partial charge >= 0.3 is 0 Å². The number of rotatable bonds is 2. The molecule has 4 heteroatoms. The number of nitrogens with one attached hydrogen (secondary N) is 1. The van der Waals surface area contributed by atoms with E-state index in [-0.39, 0.29) is 0 Å². The zero-order valence-electron chi connectivity index (χ0n) is 7.17. The molecule has 13 heavy (non-hydrogen) atoms. The number of aromatic amines is 1. The minimum Gasteiger partial charge on any atom is -0.493 e. The summed E-state index contributed by atoms with van der Waals surface area (Å²) in [5.74, 6) is 0.862. The molecule has 1 aromatic carbocycles. The smallest absolute Gasteiger partial charge is 0.131 e. The van der Waals surface area contributed by atoms with Crippen molar-refractivity contribution in [3.8, 4) is 5.75 Å². The maximum atomic E-state index is 5.47. The molecule has 0 radical (unpaired) electrons. The molecule has 3 nitrogen and oxygen atoms in total. The first-order valence-corrected chi connectivity index (χ1v) is 4.86. The summed E-state index contributed by atoms with van der Waals surface area (Å²) >= 11 is 3.41. The zero-order valence-corrected chi connectivity index (χ0v) is 8.76. The normalized spacial score (nSPS) is 10.6. The Hall–Kier alpha value is -1.03. The lowest BCUT2D eigenvalue weighted by atomic mass is 10.2. The third kappa shape index (κ3) is 1.54. The lowest BCUT2D eigenvalue weighted by molar-refractivity contribution is 0.344. The molecule has 68 valence electrons. The van der Waals surface area contributed by atoms with Gasteiger partial charge in [0.15, 0.2) is 0 Å². The summed E-state index contributed by atoms with van der Waals surface area (Å²) in [6.45, 7) is 2.63.